The van der Waals surface area contributed by atoms with Gasteiger partial charge in [-0.1, -0.05) is 12.1 Å². The number of carbonyl (C=O) groups excluding carboxylic acids is 1. The van der Waals surface area contributed by atoms with Gasteiger partial charge in [0.05, 0.1) is 0 Å². The first-order chi connectivity index (χ1) is 8.24. The molecule has 7 heteroatoms. The van der Waals surface area contributed by atoms with E-state index in [0.29, 0.717) is 15.9 Å². The zero-order valence-electron chi connectivity index (χ0n) is 8.61. The summed E-state index contributed by atoms with van der Waals surface area (Å²) in [6, 6.07) is 6.39. The molecule has 0 aliphatic rings. The van der Waals surface area contributed by atoms with Crippen LogP contribution < -0.4 is 14.9 Å². The van der Waals surface area contributed by atoms with Crippen molar-refractivity contribution in [2.45, 2.75) is 0 Å². The summed E-state index contributed by atoms with van der Waals surface area (Å²) in [6.07, 6.45) is 2.55. The number of para-hydroxylation sites is 2. The maximum absolute atomic E-state index is 11.8. The van der Waals surface area contributed by atoms with Gasteiger partial charge in [0, 0.05) is 12.1 Å². The van der Waals surface area contributed by atoms with E-state index in [1.807, 2.05) is 5.43 Å². The Labute approximate surface area is 95.8 Å². The molecule has 0 radical (unpaired) electrons. The molecule has 2 rings (SSSR count). The Hall–Kier alpha value is -2.70. The fourth-order valence-corrected chi connectivity index (χ4v) is 1.42. The van der Waals surface area contributed by atoms with Gasteiger partial charge in [-0.05, 0) is 0 Å². The molecule has 86 valence electrons. The van der Waals surface area contributed by atoms with Gasteiger partial charge < -0.3 is 10.4 Å². The van der Waals surface area contributed by atoms with Crippen LogP contribution in [0.4, 0.5) is 0 Å². The molecule has 0 saturated carbocycles. The van der Waals surface area contributed by atoms with E-state index >= 15 is 0 Å². The van der Waals surface area contributed by atoms with Gasteiger partial charge in [0.2, 0.25) is 6.41 Å². The van der Waals surface area contributed by atoms with Crippen molar-refractivity contribution < 1.29 is 14.3 Å². The number of aromatic nitrogens is 2. The number of carbonyl (C=O) groups is 1. The quantitative estimate of drug-likeness (QED) is 0.246. The van der Waals surface area contributed by atoms with E-state index in [4.69, 9.17) is 0 Å². The van der Waals surface area contributed by atoms with E-state index in [-0.39, 0.29) is 16.7 Å². The number of hydrogen-bond acceptors (Lipinski definition) is 4. The Kier molecular flexibility index (Phi) is 2.82. The van der Waals surface area contributed by atoms with E-state index in [2.05, 4.69) is 5.10 Å². The minimum Gasteiger partial charge on any atom is -0.618 e. The predicted molar refractivity (Wildman–Crippen MR) is 58.7 cm³/mol. The maximum atomic E-state index is 11.8. The highest BCUT2D eigenvalue weighted by molar-refractivity contribution is 5.77. The molecule has 0 aliphatic heterocycles. The second-order valence-corrected chi connectivity index (χ2v) is 3.17. The summed E-state index contributed by atoms with van der Waals surface area (Å²) >= 11 is 0. The molecule has 0 fully saturated rings. The lowest BCUT2D eigenvalue weighted by Gasteiger charge is -2.04. The highest BCUT2D eigenvalue weighted by atomic mass is 16.5. The van der Waals surface area contributed by atoms with Crippen molar-refractivity contribution in [1.82, 2.24) is 5.43 Å². The second kappa shape index (κ2) is 4.44. The summed E-state index contributed by atoms with van der Waals surface area (Å²) in [6.45, 7) is 0. The summed E-state index contributed by atoms with van der Waals surface area (Å²) in [5.41, 5.74) is 2.55. The first-order valence-electron chi connectivity index (χ1n) is 4.71. The molecule has 7 nitrogen and oxygen atoms in total. The third kappa shape index (κ3) is 1.98. The van der Waals surface area contributed by atoms with Gasteiger partial charge in [0.15, 0.2) is 0 Å². The molecule has 17 heavy (non-hydrogen) atoms. The minimum atomic E-state index is 0.0352. The van der Waals surface area contributed by atoms with Crippen molar-refractivity contribution in [1.29, 1.82) is 0 Å². The SMILES string of the molecule is O=CN/N=C/c1c[n+]([O-])c2ccccc2[n+]1[O-]. The number of hydrogen-bond donors (Lipinski definition) is 1. The van der Waals surface area contributed by atoms with E-state index < -0.39 is 0 Å². The van der Waals surface area contributed by atoms with Gasteiger partial charge in [0.25, 0.3) is 17.2 Å². The number of hydrazone groups is 1. The average molecular weight is 232 g/mol. The number of benzene rings is 1. The predicted octanol–water partition coefficient (Wildman–Crippen LogP) is -0.814. The van der Waals surface area contributed by atoms with Crippen molar-refractivity contribution in [2.24, 2.45) is 5.10 Å². The van der Waals surface area contributed by atoms with Crippen LogP contribution in [-0.2, 0) is 4.79 Å². The van der Waals surface area contributed by atoms with Crippen LogP contribution in [0.3, 0.4) is 0 Å². The summed E-state index contributed by atoms with van der Waals surface area (Å²) in [5.74, 6) is 0. The lowest BCUT2D eigenvalue weighted by molar-refractivity contribution is -0.629. The van der Waals surface area contributed by atoms with Gasteiger partial charge in [-0.2, -0.15) is 14.6 Å². The van der Waals surface area contributed by atoms with Crippen molar-refractivity contribution >= 4 is 23.7 Å². The van der Waals surface area contributed by atoms with Gasteiger partial charge in [0.1, 0.15) is 6.21 Å². The van der Waals surface area contributed by atoms with Crippen molar-refractivity contribution in [3.63, 3.8) is 0 Å². The highest BCUT2D eigenvalue weighted by Crippen LogP contribution is 2.03. The smallest absolute Gasteiger partial charge is 0.302 e. The van der Waals surface area contributed by atoms with Crippen molar-refractivity contribution in [2.75, 3.05) is 0 Å². The van der Waals surface area contributed by atoms with Crippen LogP contribution in [0.25, 0.3) is 11.0 Å². The molecule has 0 aliphatic carbocycles. The monoisotopic (exact) mass is 232 g/mol. The van der Waals surface area contributed by atoms with Crippen LogP contribution in [-0.4, -0.2) is 12.6 Å². The van der Waals surface area contributed by atoms with Crippen LogP contribution in [0.5, 0.6) is 0 Å². The highest BCUT2D eigenvalue weighted by Gasteiger charge is 2.16. The number of nitrogens with zero attached hydrogens (tertiary/aromatic N) is 3. The van der Waals surface area contributed by atoms with Gasteiger partial charge in [-0.3, -0.25) is 4.79 Å². The number of rotatable bonds is 3. The molecule has 0 saturated heterocycles. The van der Waals surface area contributed by atoms with E-state index in [1.165, 1.54) is 6.07 Å². The van der Waals surface area contributed by atoms with Crippen molar-refractivity contribution in [3.05, 3.63) is 46.6 Å². The van der Waals surface area contributed by atoms with Crippen LogP contribution in [0, 0.1) is 10.4 Å². The van der Waals surface area contributed by atoms with Gasteiger partial charge in [-0.25, -0.2) is 5.43 Å². The van der Waals surface area contributed by atoms with Crippen molar-refractivity contribution in [3.8, 4) is 0 Å². The number of nitrogens with one attached hydrogen (secondary N) is 1. The molecule has 0 bridgehead atoms. The Morgan fingerprint density at radius 3 is 2.65 bits per heavy atom. The molecular formula is C10H8N4O3. The first-order valence-corrected chi connectivity index (χ1v) is 4.71. The molecular weight excluding hydrogens is 224 g/mol. The summed E-state index contributed by atoms with van der Waals surface area (Å²) in [4.78, 5) is 9.98. The average Bonchev–Trinajstić information content (AvgIpc) is 2.36. The molecule has 1 heterocycles. The van der Waals surface area contributed by atoms with Crippen LogP contribution in [0.15, 0.2) is 35.6 Å². The zero-order chi connectivity index (χ0) is 12.3. The third-order valence-corrected chi connectivity index (χ3v) is 2.15. The fourth-order valence-electron chi connectivity index (χ4n) is 1.42. The van der Waals surface area contributed by atoms with E-state index in [1.54, 1.807) is 18.2 Å². The summed E-state index contributed by atoms with van der Waals surface area (Å²) in [5, 5.41) is 26.9. The van der Waals surface area contributed by atoms with Gasteiger partial charge in [-0.15, -0.1) is 0 Å². The summed E-state index contributed by atoms with van der Waals surface area (Å²) < 4.78 is 1.14. The Balaban J connectivity index is 2.58. The molecule has 2 aromatic rings. The van der Waals surface area contributed by atoms with Gasteiger partial charge >= 0.3 is 5.69 Å². The zero-order valence-corrected chi connectivity index (χ0v) is 8.61. The van der Waals surface area contributed by atoms with E-state index in [0.717, 1.165) is 12.4 Å². The van der Waals surface area contributed by atoms with Crippen LogP contribution in [0.2, 0.25) is 0 Å². The first kappa shape index (κ1) is 10.8. The molecule has 0 atom stereocenters. The fraction of sp³-hybridized carbons (Fsp3) is 0. The second-order valence-electron chi connectivity index (χ2n) is 3.17. The molecule has 1 aromatic carbocycles. The lowest BCUT2D eigenvalue weighted by atomic mass is 10.3. The summed E-state index contributed by atoms with van der Waals surface area (Å²) in [7, 11) is 0. The van der Waals surface area contributed by atoms with E-state index in [9.17, 15) is 15.2 Å². The molecule has 0 spiro atoms. The Morgan fingerprint density at radius 1 is 1.24 bits per heavy atom. The topological polar surface area (TPSA) is 95.3 Å². The Morgan fingerprint density at radius 2 is 1.94 bits per heavy atom. The van der Waals surface area contributed by atoms with Crippen LogP contribution >= 0.6 is 0 Å². The molecule has 0 unspecified atom stereocenters. The largest absolute Gasteiger partial charge is 0.618 e. The number of fused-ring (bicyclic) bond motifs is 1. The van der Waals surface area contributed by atoms with Crippen LogP contribution in [0.1, 0.15) is 5.69 Å². The molecule has 1 amide bonds. The normalized spacial score (nSPS) is 10.8. The lowest BCUT2D eigenvalue weighted by Crippen LogP contribution is -2.41. The minimum absolute atomic E-state index is 0.0352. The maximum Gasteiger partial charge on any atom is 0.302 e. The number of amides is 1. The third-order valence-electron chi connectivity index (χ3n) is 2.15. The Bertz CT molecular complexity index is 597. The molecule has 1 N–H and O–H groups in total. The molecule has 1 aromatic heterocycles. The standard InChI is InChI=1S/C10H8N4O3/c15-7-12-11-5-8-6-13(16)9-3-1-2-4-10(9)14(8)17/h1-7H,(H,12,15)/b11-5+.